The smallest absolute Gasteiger partial charge is 0.462 e. The monoisotopic (exact) mass is 1470 g/mol. The van der Waals surface area contributed by atoms with Crippen LogP contribution in [0.1, 0.15) is 433 Å². The highest BCUT2D eigenvalue weighted by Crippen LogP contribution is 2.45. The molecule has 100 heavy (non-hydrogen) atoms. The lowest BCUT2D eigenvalue weighted by Crippen LogP contribution is -2.30. The predicted molar refractivity (Wildman–Crippen MR) is 409 cm³/mol. The molecule has 0 aliphatic carbocycles. The summed E-state index contributed by atoms with van der Waals surface area (Å²) in [6.07, 6.45) is 65.4. The van der Waals surface area contributed by atoms with Crippen LogP contribution in [0.5, 0.6) is 0 Å². The number of phosphoric acid groups is 2. The van der Waals surface area contributed by atoms with Crippen LogP contribution in [0.25, 0.3) is 0 Å². The first-order chi connectivity index (χ1) is 48.5. The largest absolute Gasteiger partial charge is 0.472 e. The van der Waals surface area contributed by atoms with Gasteiger partial charge in [0.15, 0.2) is 12.2 Å². The van der Waals surface area contributed by atoms with Crippen molar-refractivity contribution in [3.63, 3.8) is 0 Å². The summed E-state index contributed by atoms with van der Waals surface area (Å²) in [7, 11) is -9.92. The summed E-state index contributed by atoms with van der Waals surface area (Å²) in [5, 5.41) is 10.6. The minimum atomic E-state index is -4.96. The number of carbonyl (C=O) groups excluding carboxylic acids is 4. The van der Waals surface area contributed by atoms with Crippen LogP contribution < -0.4 is 0 Å². The van der Waals surface area contributed by atoms with Gasteiger partial charge in [-0.3, -0.25) is 37.3 Å². The first-order valence-electron chi connectivity index (χ1n) is 42.1. The Bertz CT molecular complexity index is 1910. The van der Waals surface area contributed by atoms with E-state index in [-0.39, 0.29) is 25.7 Å². The summed E-state index contributed by atoms with van der Waals surface area (Å²) in [6.45, 7) is 7.25. The molecule has 594 valence electrons. The van der Waals surface area contributed by atoms with Gasteiger partial charge in [0, 0.05) is 25.7 Å². The van der Waals surface area contributed by atoms with E-state index < -0.39 is 97.5 Å². The molecule has 19 heteroatoms. The van der Waals surface area contributed by atoms with E-state index in [1.165, 1.54) is 250 Å². The molecule has 0 saturated carbocycles. The Morgan fingerprint density at radius 3 is 0.680 bits per heavy atom. The van der Waals surface area contributed by atoms with Crippen molar-refractivity contribution in [2.24, 2.45) is 5.92 Å². The van der Waals surface area contributed by atoms with Crippen LogP contribution in [-0.4, -0.2) is 96.7 Å². The number of ether oxygens (including phenoxy) is 4. The topological polar surface area (TPSA) is 237 Å². The molecule has 17 nitrogen and oxygen atoms in total. The Balaban J connectivity index is 5.22. The van der Waals surface area contributed by atoms with Crippen molar-refractivity contribution < 1.29 is 80.2 Å². The molecule has 0 spiro atoms. The molecule has 0 aromatic rings. The van der Waals surface area contributed by atoms with Crippen LogP contribution in [0, 0.1) is 5.92 Å². The molecule has 0 aliphatic heterocycles. The van der Waals surface area contributed by atoms with Crippen LogP contribution in [0.3, 0.4) is 0 Å². The van der Waals surface area contributed by atoms with Gasteiger partial charge in [0.1, 0.15) is 19.3 Å². The SMILES string of the molecule is CCCCCCCCCCCCCCCCCCCCCC(=O)O[C@H](COC(=O)CCCCCCCCCCCCCCCCCCCC)COP(=O)(O)OC[C@@H](O)COP(=O)(O)OC[C@@H](COC(=O)CCCCCCCCC(C)C)OC(=O)CCCCCCCCCCCCCCCC. The van der Waals surface area contributed by atoms with Crippen molar-refractivity contribution in [1.29, 1.82) is 0 Å². The fourth-order valence-electron chi connectivity index (χ4n) is 12.6. The Morgan fingerprint density at radius 2 is 0.460 bits per heavy atom. The van der Waals surface area contributed by atoms with Gasteiger partial charge in [-0.25, -0.2) is 9.13 Å². The first kappa shape index (κ1) is 98.1. The van der Waals surface area contributed by atoms with E-state index in [0.717, 1.165) is 96.3 Å². The minimum absolute atomic E-state index is 0.107. The summed E-state index contributed by atoms with van der Waals surface area (Å²) in [5.41, 5.74) is 0. The molecule has 0 heterocycles. The fraction of sp³-hybridized carbons (Fsp3) is 0.951. The molecule has 0 amide bonds. The number of aliphatic hydroxyl groups excluding tert-OH is 1. The number of carbonyl (C=O) groups is 4. The van der Waals surface area contributed by atoms with Gasteiger partial charge in [-0.1, -0.05) is 381 Å². The quantitative estimate of drug-likeness (QED) is 0.0222. The number of esters is 4. The molecule has 5 atom stereocenters. The highest BCUT2D eigenvalue weighted by atomic mass is 31.2. The lowest BCUT2D eigenvalue weighted by atomic mass is 10.0. The third kappa shape index (κ3) is 74.3. The second kappa shape index (κ2) is 73.9. The molecular formula is C81H158O17P2. The normalized spacial score (nSPS) is 13.8. The maximum absolute atomic E-state index is 13.1. The second-order valence-electron chi connectivity index (χ2n) is 29.6. The van der Waals surface area contributed by atoms with Gasteiger partial charge in [-0.15, -0.1) is 0 Å². The van der Waals surface area contributed by atoms with Crippen molar-refractivity contribution in [3.8, 4) is 0 Å². The maximum atomic E-state index is 13.1. The maximum Gasteiger partial charge on any atom is 0.472 e. The summed E-state index contributed by atoms with van der Waals surface area (Å²) in [6, 6.07) is 0. The Hall–Kier alpha value is -1.94. The van der Waals surface area contributed by atoms with E-state index in [4.69, 9.17) is 37.0 Å². The molecule has 0 aromatic carbocycles. The van der Waals surface area contributed by atoms with Crippen molar-refractivity contribution in [2.75, 3.05) is 39.6 Å². The average molecular weight is 1470 g/mol. The molecule has 0 aliphatic rings. The van der Waals surface area contributed by atoms with Gasteiger partial charge in [0.05, 0.1) is 26.4 Å². The lowest BCUT2D eigenvalue weighted by Gasteiger charge is -2.21. The molecule has 0 radical (unpaired) electrons. The van der Waals surface area contributed by atoms with Crippen LogP contribution in [-0.2, 0) is 65.4 Å². The number of unbranched alkanes of at least 4 members (excludes halogenated alkanes) is 53. The van der Waals surface area contributed by atoms with Gasteiger partial charge < -0.3 is 33.8 Å². The van der Waals surface area contributed by atoms with E-state index >= 15 is 0 Å². The highest BCUT2D eigenvalue weighted by molar-refractivity contribution is 7.47. The van der Waals surface area contributed by atoms with Crippen molar-refractivity contribution >= 4 is 39.5 Å². The summed E-state index contributed by atoms with van der Waals surface area (Å²) in [4.78, 5) is 73.0. The number of rotatable bonds is 81. The lowest BCUT2D eigenvalue weighted by molar-refractivity contribution is -0.161. The van der Waals surface area contributed by atoms with E-state index in [9.17, 15) is 43.2 Å². The molecule has 0 rings (SSSR count). The highest BCUT2D eigenvalue weighted by Gasteiger charge is 2.30. The van der Waals surface area contributed by atoms with Crippen LogP contribution in [0.2, 0.25) is 0 Å². The van der Waals surface area contributed by atoms with Crippen molar-refractivity contribution in [3.05, 3.63) is 0 Å². The van der Waals surface area contributed by atoms with E-state index in [2.05, 4.69) is 34.6 Å². The Morgan fingerprint density at radius 1 is 0.270 bits per heavy atom. The summed E-state index contributed by atoms with van der Waals surface area (Å²) >= 11 is 0. The summed E-state index contributed by atoms with van der Waals surface area (Å²) in [5.74, 6) is -1.43. The zero-order valence-electron chi connectivity index (χ0n) is 65.3. The Kier molecular flexibility index (Phi) is 72.5. The van der Waals surface area contributed by atoms with Crippen LogP contribution in [0.4, 0.5) is 0 Å². The number of aliphatic hydroxyl groups is 1. The van der Waals surface area contributed by atoms with Gasteiger partial charge in [-0.2, -0.15) is 0 Å². The Labute approximate surface area is 613 Å². The zero-order valence-corrected chi connectivity index (χ0v) is 67.1. The van der Waals surface area contributed by atoms with E-state index in [0.29, 0.717) is 31.6 Å². The van der Waals surface area contributed by atoms with E-state index in [1.807, 2.05) is 0 Å². The summed E-state index contributed by atoms with van der Waals surface area (Å²) < 4.78 is 68.7. The molecule has 3 N–H and O–H groups in total. The van der Waals surface area contributed by atoms with Gasteiger partial charge in [0.25, 0.3) is 0 Å². The third-order valence-electron chi connectivity index (χ3n) is 19.0. The molecule has 0 bridgehead atoms. The zero-order chi connectivity index (χ0) is 73.4. The van der Waals surface area contributed by atoms with E-state index in [1.54, 1.807) is 0 Å². The molecule has 0 saturated heterocycles. The van der Waals surface area contributed by atoms with Crippen LogP contribution >= 0.6 is 15.6 Å². The standard InChI is InChI=1S/C81H158O17P2/c1-6-9-12-15-18-21-24-27-30-32-34-36-38-41-44-47-50-57-62-67-80(85)97-76(70-91-78(83)64-59-54-48-45-42-40-37-35-33-31-28-25-22-19-16-13-10-7-2)72-95-99(87,88)93-68-75(82)69-94-100(89,90)96-73-77(71-92-79(84)65-60-55-52-51-53-58-63-74(4)5)98-81(86)66-61-56-49-46-43-39-29-26-23-20-17-14-11-8-3/h74-77,82H,6-73H2,1-5H3,(H,87,88)(H,89,90)/t75-,76-,77-/m1/s1. The average Bonchev–Trinajstić information content (AvgIpc) is 0.922. The molecular weight excluding hydrogens is 1310 g/mol. The number of hydrogen-bond acceptors (Lipinski definition) is 15. The van der Waals surface area contributed by atoms with Gasteiger partial charge in [-0.05, 0) is 31.6 Å². The number of phosphoric ester groups is 2. The fourth-order valence-corrected chi connectivity index (χ4v) is 14.2. The minimum Gasteiger partial charge on any atom is -0.462 e. The predicted octanol–water partition coefficient (Wildman–Crippen LogP) is 24.4. The van der Waals surface area contributed by atoms with Gasteiger partial charge >= 0.3 is 39.5 Å². The van der Waals surface area contributed by atoms with Crippen molar-refractivity contribution in [2.45, 2.75) is 451 Å². The molecule has 0 aromatic heterocycles. The second-order valence-corrected chi connectivity index (χ2v) is 32.5. The first-order valence-corrected chi connectivity index (χ1v) is 45.1. The van der Waals surface area contributed by atoms with Crippen molar-refractivity contribution in [1.82, 2.24) is 0 Å². The molecule has 0 fully saturated rings. The molecule has 2 unspecified atom stereocenters. The number of hydrogen-bond donors (Lipinski definition) is 3. The van der Waals surface area contributed by atoms with Crippen LogP contribution in [0.15, 0.2) is 0 Å². The third-order valence-corrected chi connectivity index (χ3v) is 20.9. The van der Waals surface area contributed by atoms with Gasteiger partial charge in [0.2, 0.25) is 0 Å².